The summed E-state index contributed by atoms with van der Waals surface area (Å²) in [7, 11) is 0. The van der Waals surface area contributed by atoms with E-state index in [1.54, 1.807) is 0 Å². The van der Waals surface area contributed by atoms with Crippen molar-refractivity contribution in [2.45, 2.75) is 25.1 Å². The van der Waals surface area contributed by atoms with Gasteiger partial charge in [0, 0.05) is 25.2 Å². The minimum atomic E-state index is -4.56. The topological polar surface area (TPSA) is 101 Å². The average Bonchev–Trinajstić information content (AvgIpc) is 2.96. The molecule has 0 atom stereocenters. The average molecular weight is 343 g/mol. The lowest BCUT2D eigenvalue weighted by Gasteiger charge is -2.32. The van der Waals surface area contributed by atoms with Crippen LogP contribution in [0.1, 0.15) is 18.5 Å². The minimum absolute atomic E-state index is 0.0370. The van der Waals surface area contributed by atoms with Crippen LogP contribution in [0.5, 0.6) is 0 Å². The van der Waals surface area contributed by atoms with Crippen molar-refractivity contribution in [3.63, 3.8) is 0 Å². The Balaban J connectivity index is 1.76. The van der Waals surface area contributed by atoms with E-state index in [-0.39, 0.29) is 24.2 Å². The Morgan fingerprint density at radius 2 is 2.08 bits per heavy atom. The maximum atomic E-state index is 13.0. The zero-order chi connectivity index (χ0) is 17.3. The van der Waals surface area contributed by atoms with E-state index in [4.69, 9.17) is 5.73 Å². The lowest BCUT2D eigenvalue weighted by atomic mass is 10.1. The van der Waals surface area contributed by atoms with Crippen molar-refractivity contribution in [3.8, 4) is 0 Å². The molecule has 1 fully saturated rings. The summed E-state index contributed by atoms with van der Waals surface area (Å²) in [5.41, 5.74) is 4.14. The van der Waals surface area contributed by atoms with Gasteiger partial charge >= 0.3 is 6.18 Å². The van der Waals surface area contributed by atoms with Crippen molar-refractivity contribution < 1.29 is 18.0 Å². The largest absolute Gasteiger partial charge is 0.433 e. The first-order valence-electron chi connectivity index (χ1n) is 7.38. The molecular formula is C13H16F3N7O. The van der Waals surface area contributed by atoms with E-state index in [1.165, 1.54) is 4.52 Å². The van der Waals surface area contributed by atoms with Crippen LogP contribution in [0.3, 0.4) is 0 Å². The number of carbonyl (C=O) groups is 1. The molecule has 0 spiro atoms. The van der Waals surface area contributed by atoms with Gasteiger partial charge in [0.1, 0.15) is 12.1 Å². The molecule has 2 aromatic rings. The van der Waals surface area contributed by atoms with Gasteiger partial charge in [0.25, 0.3) is 5.78 Å². The lowest BCUT2D eigenvalue weighted by molar-refractivity contribution is -0.141. The molecule has 3 heterocycles. The smallest absolute Gasteiger partial charge is 0.369 e. The van der Waals surface area contributed by atoms with Crippen molar-refractivity contribution >= 4 is 17.5 Å². The number of anilines is 1. The highest BCUT2D eigenvalue weighted by molar-refractivity contribution is 5.75. The van der Waals surface area contributed by atoms with E-state index in [2.05, 4.69) is 20.4 Å². The Morgan fingerprint density at radius 3 is 2.71 bits per heavy atom. The summed E-state index contributed by atoms with van der Waals surface area (Å²) < 4.78 is 40.1. The number of hydrogen-bond acceptors (Lipinski definition) is 6. The molecule has 0 bridgehead atoms. The SMILES string of the molecule is NC(=O)CN1CCC(Nc2cc(C(F)(F)F)nc3ncnn23)CC1. The zero-order valence-corrected chi connectivity index (χ0v) is 12.6. The molecule has 0 aliphatic carbocycles. The minimum Gasteiger partial charge on any atom is -0.369 e. The molecule has 3 N–H and O–H groups in total. The number of carbonyl (C=O) groups excluding carboxylic acids is 1. The van der Waals surface area contributed by atoms with Crippen LogP contribution < -0.4 is 11.1 Å². The number of primary amides is 1. The molecule has 24 heavy (non-hydrogen) atoms. The number of nitrogens with two attached hydrogens (primary N) is 1. The quantitative estimate of drug-likeness (QED) is 0.839. The highest BCUT2D eigenvalue weighted by Crippen LogP contribution is 2.30. The van der Waals surface area contributed by atoms with Gasteiger partial charge in [-0.05, 0) is 12.8 Å². The second-order valence-electron chi connectivity index (χ2n) is 5.66. The van der Waals surface area contributed by atoms with Crippen molar-refractivity contribution in [1.82, 2.24) is 24.5 Å². The maximum Gasteiger partial charge on any atom is 0.433 e. The molecule has 11 heteroatoms. The van der Waals surface area contributed by atoms with Gasteiger partial charge < -0.3 is 11.1 Å². The highest BCUT2D eigenvalue weighted by Gasteiger charge is 2.34. The number of nitrogens with zero attached hydrogens (tertiary/aromatic N) is 5. The molecule has 8 nitrogen and oxygen atoms in total. The van der Waals surface area contributed by atoms with E-state index >= 15 is 0 Å². The van der Waals surface area contributed by atoms with Gasteiger partial charge in [-0.15, -0.1) is 0 Å². The normalized spacial score (nSPS) is 17.3. The predicted molar refractivity (Wildman–Crippen MR) is 78.1 cm³/mol. The summed E-state index contributed by atoms with van der Waals surface area (Å²) in [4.78, 5) is 20.0. The van der Waals surface area contributed by atoms with E-state index in [1.807, 2.05) is 4.90 Å². The van der Waals surface area contributed by atoms with Crippen LogP contribution in [-0.4, -0.2) is 56.1 Å². The van der Waals surface area contributed by atoms with Crippen molar-refractivity contribution in [2.75, 3.05) is 25.0 Å². The third-order valence-electron chi connectivity index (χ3n) is 3.86. The summed E-state index contributed by atoms with van der Waals surface area (Å²) in [6, 6.07) is 0.891. The fraction of sp³-hybridized carbons (Fsp3) is 0.538. The Hall–Kier alpha value is -2.43. The molecule has 1 saturated heterocycles. The van der Waals surface area contributed by atoms with Gasteiger partial charge in [0.15, 0.2) is 5.69 Å². The van der Waals surface area contributed by atoms with Crippen LogP contribution in [0.2, 0.25) is 0 Å². The summed E-state index contributed by atoms with van der Waals surface area (Å²) in [6.07, 6.45) is -2.06. The number of piperidine rings is 1. The van der Waals surface area contributed by atoms with Crippen LogP contribution >= 0.6 is 0 Å². The summed E-state index contributed by atoms with van der Waals surface area (Å²) in [5, 5.41) is 6.98. The maximum absolute atomic E-state index is 13.0. The van der Waals surface area contributed by atoms with Crippen molar-refractivity contribution in [3.05, 3.63) is 18.1 Å². The highest BCUT2D eigenvalue weighted by atomic mass is 19.4. The molecule has 2 aromatic heterocycles. The zero-order valence-electron chi connectivity index (χ0n) is 12.6. The number of aromatic nitrogens is 4. The van der Waals surface area contributed by atoms with Gasteiger partial charge in [0.2, 0.25) is 5.91 Å². The van der Waals surface area contributed by atoms with Crippen molar-refractivity contribution in [2.24, 2.45) is 5.73 Å². The van der Waals surface area contributed by atoms with Gasteiger partial charge in [-0.25, -0.2) is 4.98 Å². The van der Waals surface area contributed by atoms with Crippen LogP contribution in [0, 0.1) is 0 Å². The molecule has 3 rings (SSSR count). The van der Waals surface area contributed by atoms with E-state index in [0.717, 1.165) is 12.4 Å². The van der Waals surface area contributed by atoms with E-state index in [9.17, 15) is 18.0 Å². The number of halogens is 3. The first-order valence-corrected chi connectivity index (χ1v) is 7.38. The molecule has 130 valence electrons. The molecule has 0 unspecified atom stereocenters. The number of alkyl halides is 3. The third kappa shape index (κ3) is 3.55. The number of nitrogens with one attached hydrogen (secondary N) is 1. The Bertz CT molecular complexity index is 737. The lowest BCUT2D eigenvalue weighted by Crippen LogP contribution is -2.43. The van der Waals surface area contributed by atoms with Gasteiger partial charge in [-0.3, -0.25) is 9.69 Å². The number of amides is 1. The predicted octanol–water partition coefficient (Wildman–Crippen LogP) is 0.505. The standard InChI is InChI=1S/C13H16F3N7O/c14-13(15,16)9-5-11(23-12(21-9)18-7-19-23)20-8-1-3-22(4-2-8)6-10(17)24/h5,7-8,20H,1-4,6H2,(H2,17,24). The second-order valence-corrected chi connectivity index (χ2v) is 5.66. The van der Waals surface area contributed by atoms with Gasteiger partial charge in [0.05, 0.1) is 6.54 Å². The molecule has 1 aliphatic heterocycles. The third-order valence-corrected chi connectivity index (χ3v) is 3.86. The molecule has 1 amide bonds. The first-order chi connectivity index (χ1) is 11.3. The van der Waals surface area contributed by atoms with Gasteiger partial charge in [-0.2, -0.15) is 27.8 Å². The monoisotopic (exact) mass is 343 g/mol. The van der Waals surface area contributed by atoms with E-state index < -0.39 is 17.8 Å². The van der Waals surface area contributed by atoms with Crippen LogP contribution in [0.25, 0.3) is 5.78 Å². The van der Waals surface area contributed by atoms with E-state index in [0.29, 0.717) is 25.9 Å². The Labute approximate surface area is 134 Å². The summed E-state index contributed by atoms with van der Waals surface area (Å²) in [5.74, 6) is -0.314. The Kier molecular flexibility index (Phi) is 4.26. The second kappa shape index (κ2) is 6.23. The summed E-state index contributed by atoms with van der Waals surface area (Å²) >= 11 is 0. The molecule has 0 aromatic carbocycles. The molecule has 0 saturated carbocycles. The van der Waals surface area contributed by atoms with Crippen LogP contribution in [0.15, 0.2) is 12.4 Å². The molecule has 0 radical (unpaired) electrons. The number of rotatable bonds is 4. The summed E-state index contributed by atoms with van der Waals surface area (Å²) in [6.45, 7) is 1.46. The number of likely N-dealkylation sites (tertiary alicyclic amines) is 1. The number of fused-ring (bicyclic) bond motifs is 1. The first kappa shape index (κ1) is 16.4. The van der Waals surface area contributed by atoms with Crippen molar-refractivity contribution in [1.29, 1.82) is 0 Å². The molecule has 1 aliphatic rings. The molecular weight excluding hydrogens is 327 g/mol. The Morgan fingerprint density at radius 1 is 1.38 bits per heavy atom. The van der Waals surface area contributed by atoms with Crippen LogP contribution in [0.4, 0.5) is 19.0 Å². The fourth-order valence-electron chi connectivity index (χ4n) is 2.73. The van der Waals surface area contributed by atoms with Gasteiger partial charge in [-0.1, -0.05) is 0 Å². The fourth-order valence-corrected chi connectivity index (χ4v) is 2.73. The number of hydrogen-bond donors (Lipinski definition) is 2. The van der Waals surface area contributed by atoms with Crippen LogP contribution in [-0.2, 0) is 11.0 Å².